The van der Waals surface area contributed by atoms with Gasteiger partial charge in [0.05, 0.1) is 12.1 Å². The molecule has 1 aliphatic rings. The van der Waals surface area contributed by atoms with Gasteiger partial charge >= 0.3 is 0 Å². The summed E-state index contributed by atoms with van der Waals surface area (Å²) in [6.07, 6.45) is 8.41. The molecule has 0 atom stereocenters. The molecule has 1 amide bonds. The molecule has 3 heteroatoms. The number of aliphatic hydroxyl groups excluding tert-OH is 1. The smallest absolute Gasteiger partial charge is 0.244 e. The van der Waals surface area contributed by atoms with E-state index in [9.17, 15) is 9.90 Å². The summed E-state index contributed by atoms with van der Waals surface area (Å²) >= 11 is 0. The van der Waals surface area contributed by atoms with Crippen LogP contribution in [-0.2, 0) is 4.79 Å². The second kappa shape index (κ2) is 5.15. The van der Waals surface area contributed by atoms with E-state index in [1.54, 1.807) is 6.08 Å². The molecule has 0 aromatic heterocycles. The lowest BCUT2D eigenvalue weighted by Crippen LogP contribution is -2.52. The summed E-state index contributed by atoms with van der Waals surface area (Å²) in [4.78, 5) is 11.4. The number of aliphatic hydroxyl groups is 1. The van der Waals surface area contributed by atoms with Crippen molar-refractivity contribution < 1.29 is 9.90 Å². The SMILES string of the molecule is CC=CC(=O)NC1(CO)CCCCC1. The fraction of sp³-hybridized carbons (Fsp3) is 0.727. The van der Waals surface area contributed by atoms with Crippen LogP contribution in [-0.4, -0.2) is 23.2 Å². The Morgan fingerprint density at radius 3 is 2.57 bits per heavy atom. The summed E-state index contributed by atoms with van der Waals surface area (Å²) in [6, 6.07) is 0. The number of allylic oxidation sites excluding steroid dienone is 1. The first-order valence-corrected chi connectivity index (χ1v) is 5.28. The monoisotopic (exact) mass is 197 g/mol. The summed E-state index contributed by atoms with van der Waals surface area (Å²) in [5.41, 5.74) is -0.352. The minimum Gasteiger partial charge on any atom is -0.394 e. The Kier molecular flexibility index (Phi) is 4.14. The van der Waals surface area contributed by atoms with E-state index in [0.717, 1.165) is 25.7 Å². The molecule has 1 rings (SSSR count). The zero-order chi connectivity index (χ0) is 10.4. The molecule has 1 saturated carbocycles. The minimum atomic E-state index is -0.352. The Labute approximate surface area is 85.2 Å². The first kappa shape index (κ1) is 11.2. The van der Waals surface area contributed by atoms with Gasteiger partial charge in [0.25, 0.3) is 0 Å². The summed E-state index contributed by atoms with van der Waals surface area (Å²) < 4.78 is 0. The van der Waals surface area contributed by atoms with Gasteiger partial charge in [-0.05, 0) is 25.8 Å². The van der Waals surface area contributed by atoms with E-state index in [0.29, 0.717) is 0 Å². The molecule has 2 N–H and O–H groups in total. The van der Waals surface area contributed by atoms with Crippen molar-refractivity contribution in [3.63, 3.8) is 0 Å². The van der Waals surface area contributed by atoms with Gasteiger partial charge in [-0.15, -0.1) is 0 Å². The Hall–Kier alpha value is -0.830. The molecular weight excluding hydrogens is 178 g/mol. The van der Waals surface area contributed by atoms with Crippen LogP contribution in [0.5, 0.6) is 0 Å². The lowest BCUT2D eigenvalue weighted by Gasteiger charge is -2.36. The first-order valence-electron chi connectivity index (χ1n) is 5.28. The van der Waals surface area contributed by atoms with Crippen molar-refractivity contribution in [2.45, 2.75) is 44.6 Å². The second-order valence-electron chi connectivity index (χ2n) is 3.99. The van der Waals surface area contributed by atoms with Crippen LogP contribution in [0.25, 0.3) is 0 Å². The molecule has 0 unspecified atom stereocenters. The maximum Gasteiger partial charge on any atom is 0.244 e. The quantitative estimate of drug-likeness (QED) is 0.671. The van der Waals surface area contributed by atoms with Gasteiger partial charge in [0.2, 0.25) is 5.91 Å². The van der Waals surface area contributed by atoms with Crippen molar-refractivity contribution in [3.05, 3.63) is 12.2 Å². The Morgan fingerprint density at radius 2 is 2.07 bits per heavy atom. The zero-order valence-electron chi connectivity index (χ0n) is 8.75. The van der Waals surface area contributed by atoms with E-state index in [2.05, 4.69) is 5.32 Å². The molecule has 0 aliphatic heterocycles. The van der Waals surface area contributed by atoms with Crippen molar-refractivity contribution >= 4 is 5.91 Å². The number of carbonyl (C=O) groups excluding carboxylic acids is 1. The molecule has 1 aliphatic carbocycles. The molecule has 0 saturated heterocycles. The van der Waals surface area contributed by atoms with Crippen molar-refractivity contribution in [1.29, 1.82) is 0 Å². The number of hydrogen-bond acceptors (Lipinski definition) is 2. The van der Waals surface area contributed by atoms with Crippen LogP contribution in [0.2, 0.25) is 0 Å². The van der Waals surface area contributed by atoms with Crippen LogP contribution in [0.4, 0.5) is 0 Å². The molecular formula is C11H19NO2. The minimum absolute atomic E-state index is 0.0519. The largest absolute Gasteiger partial charge is 0.394 e. The third kappa shape index (κ3) is 2.84. The molecule has 1 fully saturated rings. The number of rotatable bonds is 3. The summed E-state index contributed by atoms with van der Waals surface area (Å²) in [5.74, 6) is -0.0940. The third-order valence-corrected chi connectivity index (χ3v) is 2.82. The van der Waals surface area contributed by atoms with E-state index >= 15 is 0 Å². The lowest BCUT2D eigenvalue weighted by molar-refractivity contribution is -0.119. The van der Waals surface area contributed by atoms with Gasteiger partial charge in [-0.3, -0.25) is 4.79 Å². The van der Waals surface area contributed by atoms with Gasteiger partial charge in [0.1, 0.15) is 0 Å². The second-order valence-corrected chi connectivity index (χ2v) is 3.99. The molecule has 0 bridgehead atoms. The zero-order valence-corrected chi connectivity index (χ0v) is 8.75. The van der Waals surface area contributed by atoms with Crippen LogP contribution in [0.1, 0.15) is 39.0 Å². The highest BCUT2D eigenvalue weighted by Gasteiger charge is 2.32. The van der Waals surface area contributed by atoms with Crippen LogP contribution in [0.15, 0.2) is 12.2 Å². The first-order chi connectivity index (χ1) is 6.72. The molecule has 0 aromatic carbocycles. The molecule has 80 valence electrons. The maximum absolute atomic E-state index is 11.4. The highest BCUT2D eigenvalue weighted by atomic mass is 16.3. The van der Waals surface area contributed by atoms with Crippen LogP contribution >= 0.6 is 0 Å². The number of amides is 1. The average Bonchev–Trinajstić information content (AvgIpc) is 2.19. The van der Waals surface area contributed by atoms with Crippen molar-refractivity contribution in [3.8, 4) is 0 Å². The van der Waals surface area contributed by atoms with Gasteiger partial charge in [0.15, 0.2) is 0 Å². The predicted octanol–water partition coefficient (Wildman–Crippen LogP) is 1.37. The summed E-state index contributed by atoms with van der Waals surface area (Å²) in [6.45, 7) is 1.86. The van der Waals surface area contributed by atoms with Gasteiger partial charge in [-0.1, -0.05) is 25.3 Å². The highest BCUT2D eigenvalue weighted by Crippen LogP contribution is 2.27. The van der Waals surface area contributed by atoms with Crippen molar-refractivity contribution in [2.75, 3.05) is 6.61 Å². The van der Waals surface area contributed by atoms with E-state index in [4.69, 9.17) is 0 Å². The third-order valence-electron chi connectivity index (χ3n) is 2.82. The van der Waals surface area contributed by atoms with Crippen LogP contribution < -0.4 is 5.32 Å². The molecule has 3 nitrogen and oxygen atoms in total. The fourth-order valence-corrected chi connectivity index (χ4v) is 2.01. The van der Waals surface area contributed by atoms with Crippen LogP contribution in [0, 0.1) is 0 Å². The predicted molar refractivity (Wildman–Crippen MR) is 55.9 cm³/mol. The number of nitrogens with one attached hydrogen (secondary N) is 1. The van der Waals surface area contributed by atoms with E-state index in [-0.39, 0.29) is 18.1 Å². The summed E-state index contributed by atoms with van der Waals surface area (Å²) in [7, 11) is 0. The maximum atomic E-state index is 11.4. The lowest BCUT2D eigenvalue weighted by atomic mass is 9.82. The van der Waals surface area contributed by atoms with E-state index < -0.39 is 0 Å². The molecule has 14 heavy (non-hydrogen) atoms. The number of carbonyl (C=O) groups is 1. The molecule has 0 radical (unpaired) electrons. The standard InChI is InChI=1S/C11H19NO2/c1-2-6-10(14)12-11(9-13)7-4-3-5-8-11/h2,6,13H,3-5,7-9H2,1H3,(H,12,14). The Balaban J connectivity index is 2.55. The summed E-state index contributed by atoms with van der Waals surface area (Å²) in [5, 5.41) is 12.2. The van der Waals surface area contributed by atoms with Crippen LogP contribution in [0.3, 0.4) is 0 Å². The number of hydrogen-bond donors (Lipinski definition) is 2. The Morgan fingerprint density at radius 1 is 1.43 bits per heavy atom. The molecule has 0 spiro atoms. The Bertz CT molecular complexity index is 217. The highest BCUT2D eigenvalue weighted by molar-refractivity contribution is 5.88. The van der Waals surface area contributed by atoms with E-state index in [1.807, 2.05) is 6.92 Å². The normalized spacial score (nSPS) is 21.0. The van der Waals surface area contributed by atoms with Gasteiger partial charge in [0, 0.05) is 0 Å². The van der Waals surface area contributed by atoms with E-state index in [1.165, 1.54) is 12.5 Å². The average molecular weight is 197 g/mol. The topological polar surface area (TPSA) is 49.3 Å². The van der Waals surface area contributed by atoms with Gasteiger partial charge in [-0.25, -0.2) is 0 Å². The molecule has 0 aromatic rings. The fourth-order valence-electron chi connectivity index (χ4n) is 2.01. The van der Waals surface area contributed by atoms with Crippen molar-refractivity contribution in [1.82, 2.24) is 5.32 Å². The van der Waals surface area contributed by atoms with Gasteiger partial charge < -0.3 is 10.4 Å². The molecule has 0 heterocycles. The van der Waals surface area contributed by atoms with Crippen molar-refractivity contribution in [2.24, 2.45) is 0 Å². The van der Waals surface area contributed by atoms with Gasteiger partial charge in [-0.2, -0.15) is 0 Å².